The normalized spacial score (nSPS) is 14.1. The molecule has 1 aliphatic carbocycles. The average molecular weight is 319 g/mol. The first-order chi connectivity index (χ1) is 11.6. The lowest BCUT2D eigenvalue weighted by atomic mass is 9.91. The van der Waals surface area contributed by atoms with E-state index in [-0.39, 0.29) is 5.69 Å². The Hall–Kier alpha value is -2.72. The van der Waals surface area contributed by atoms with Gasteiger partial charge in [0.05, 0.1) is 4.92 Å². The molecule has 0 saturated heterocycles. The van der Waals surface area contributed by atoms with Crippen LogP contribution in [0.15, 0.2) is 48.5 Å². The smallest absolute Gasteiger partial charge is 0.272 e. The molecule has 0 radical (unpaired) electrons. The maximum absolute atomic E-state index is 11.2. The highest BCUT2D eigenvalue weighted by Gasteiger charge is 2.23. The summed E-state index contributed by atoms with van der Waals surface area (Å²) in [6.45, 7) is 1.69. The van der Waals surface area contributed by atoms with Gasteiger partial charge in [0.25, 0.3) is 5.69 Å². The number of aryl methyl sites for hydroxylation is 2. The monoisotopic (exact) mass is 319 g/mol. The molecule has 120 valence electrons. The lowest BCUT2D eigenvalue weighted by Gasteiger charge is -2.17. The summed E-state index contributed by atoms with van der Waals surface area (Å²) in [5.41, 5.74) is 4.57. The number of benzene rings is 3. The molecule has 0 spiro atoms. The zero-order valence-corrected chi connectivity index (χ0v) is 13.3. The third kappa shape index (κ3) is 2.11. The van der Waals surface area contributed by atoms with Gasteiger partial charge in [-0.05, 0) is 52.8 Å². The summed E-state index contributed by atoms with van der Waals surface area (Å²) in [6, 6.07) is 15.1. The van der Waals surface area contributed by atoms with Crippen LogP contribution in [0.3, 0.4) is 0 Å². The maximum Gasteiger partial charge on any atom is 0.272 e. The van der Waals surface area contributed by atoms with E-state index in [9.17, 15) is 15.2 Å². The lowest BCUT2D eigenvalue weighted by Crippen LogP contribution is -2.05. The second kappa shape index (κ2) is 5.42. The van der Waals surface area contributed by atoms with E-state index in [1.165, 1.54) is 22.6 Å². The molecule has 0 aromatic heterocycles. The topological polar surface area (TPSA) is 63.4 Å². The Morgan fingerprint density at radius 3 is 2.46 bits per heavy atom. The minimum Gasteiger partial charge on any atom is -0.384 e. The second-order valence-electron chi connectivity index (χ2n) is 6.30. The third-order valence-corrected chi connectivity index (χ3v) is 5.04. The molecule has 3 aromatic carbocycles. The first-order valence-corrected chi connectivity index (χ1v) is 8.03. The minimum atomic E-state index is -0.880. The first-order valence-electron chi connectivity index (χ1n) is 8.03. The SMILES string of the molecule is Cc1c(C(O)c2ccc3c4c(cccc24)CC3)cccc1[N+](=O)[O-]. The van der Waals surface area contributed by atoms with Crippen molar-refractivity contribution in [2.45, 2.75) is 25.9 Å². The summed E-state index contributed by atoms with van der Waals surface area (Å²) in [4.78, 5) is 10.8. The zero-order valence-electron chi connectivity index (χ0n) is 13.3. The minimum absolute atomic E-state index is 0.0393. The molecule has 0 amide bonds. The van der Waals surface area contributed by atoms with Crippen molar-refractivity contribution < 1.29 is 10.0 Å². The quantitative estimate of drug-likeness (QED) is 0.580. The van der Waals surface area contributed by atoms with Gasteiger partial charge in [-0.25, -0.2) is 0 Å². The van der Waals surface area contributed by atoms with Gasteiger partial charge in [-0.15, -0.1) is 0 Å². The maximum atomic E-state index is 11.2. The van der Waals surface area contributed by atoms with E-state index >= 15 is 0 Å². The Morgan fingerprint density at radius 1 is 1.00 bits per heavy atom. The van der Waals surface area contributed by atoms with Gasteiger partial charge in [0.1, 0.15) is 6.10 Å². The van der Waals surface area contributed by atoms with Crippen molar-refractivity contribution in [3.05, 3.63) is 86.5 Å². The van der Waals surface area contributed by atoms with Gasteiger partial charge in [-0.3, -0.25) is 10.1 Å². The molecule has 0 heterocycles. The molecular weight excluding hydrogens is 302 g/mol. The Bertz CT molecular complexity index is 968. The zero-order chi connectivity index (χ0) is 16.8. The summed E-state index contributed by atoms with van der Waals surface area (Å²) < 4.78 is 0. The van der Waals surface area contributed by atoms with Gasteiger partial charge in [0.2, 0.25) is 0 Å². The molecule has 1 unspecified atom stereocenters. The van der Waals surface area contributed by atoms with E-state index in [0.29, 0.717) is 11.1 Å². The van der Waals surface area contributed by atoms with Crippen LogP contribution in [-0.2, 0) is 12.8 Å². The van der Waals surface area contributed by atoms with Gasteiger partial charge in [-0.1, -0.05) is 42.5 Å². The predicted octanol–water partition coefficient (Wildman–Crippen LogP) is 4.24. The van der Waals surface area contributed by atoms with E-state index < -0.39 is 11.0 Å². The van der Waals surface area contributed by atoms with Gasteiger partial charge >= 0.3 is 0 Å². The van der Waals surface area contributed by atoms with Gasteiger partial charge in [0.15, 0.2) is 0 Å². The van der Waals surface area contributed by atoms with E-state index in [1.807, 2.05) is 18.2 Å². The standard InChI is InChI=1S/C20H17NO3/c1-12-15(5-3-7-18(12)21(23)24)20(22)17-11-10-14-9-8-13-4-2-6-16(17)19(13)14/h2-7,10-11,20,22H,8-9H2,1H3. The number of nitrogens with zero attached hydrogens (tertiary/aromatic N) is 1. The summed E-state index contributed by atoms with van der Waals surface area (Å²) in [6.07, 6.45) is 1.18. The van der Waals surface area contributed by atoms with Crippen LogP contribution in [0.1, 0.15) is 33.9 Å². The van der Waals surface area contributed by atoms with Crippen LogP contribution in [0.2, 0.25) is 0 Å². The second-order valence-corrected chi connectivity index (χ2v) is 6.30. The summed E-state index contributed by atoms with van der Waals surface area (Å²) in [5, 5.41) is 24.4. The summed E-state index contributed by atoms with van der Waals surface area (Å²) in [5.74, 6) is 0. The predicted molar refractivity (Wildman–Crippen MR) is 93.3 cm³/mol. The van der Waals surface area contributed by atoms with Crippen LogP contribution in [0.25, 0.3) is 10.8 Å². The third-order valence-electron chi connectivity index (χ3n) is 5.04. The number of hydrogen-bond acceptors (Lipinski definition) is 3. The molecule has 1 aliphatic rings. The Balaban J connectivity index is 1.91. The van der Waals surface area contributed by atoms with Crippen molar-refractivity contribution in [2.75, 3.05) is 0 Å². The highest BCUT2D eigenvalue weighted by Crippen LogP contribution is 2.38. The summed E-state index contributed by atoms with van der Waals surface area (Å²) in [7, 11) is 0. The van der Waals surface area contributed by atoms with E-state index in [2.05, 4.69) is 12.1 Å². The van der Waals surface area contributed by atoms with Crippen LogP contribution in [-0.4, -0.2) is 10.0 Å². The fourth-order valence-corrected chi connectivity index (χ4v) is 3.81. The van der Waals surface area contributed by atoms with Crippen molar-refractivity contribution in [3.63, 3.8) is 0 Å². The van der Waals surface area contributed by atoms with Crippen molar-refractivity contribution in [3.8, 4) is 0 Å². The number of aliphatic hydroxyl groups is 1. The van der Waals surface area contributed by atoms with Crippen molar-refractivity contribution in [1.29, 1.82) is 0 Å². The number of nitro groups is 1. The lowest BCUT2D eigenvalue weighted by molar-refractivity contribution is -0.385. The Kier molecular flexibility index (Phi) is 3.36. The fraction of sp³-hybridized carbons (Fsp3) is 0.200. The van der Waals surface area contributed by atoms with Crippen LogP contribution in [0.5, 0.6) is 0 Å². The Morgan fingerprint density at radius 2 is 1.71 bits per heavy atom. The molecule has 1 N–H and O–H groups in total. The molecule has 4 heteroatoms. The highest BCUT2D eigenvalue weighted by atomic mass is 16.6. The summed E-state index contributed by atoms with van der Waals surface area (Å²) >= 11 is 0. The largest absolute Gasteiger partial charge is 0.384 e. The van der Waals surface area contributed by atoms with Crippen molar-refractivity contribution >= 4 is 16.5 Å². The molecule has 0 saturated carbocycles. The molecule has 0 aliphatic heterocycles. The van der Waals surface area contributed by atoms with Gasteiger partial charge < -0.3 is 5.11 Å². The van der Waals surface area contributed by atoms with Gasteiger partial charge in [0, 0.05) is 11.6 Å². The van der Waals surface area contributed by atoms with Crippen LogP contribution in [0.4, 0.5) is 5.69 Å². The molecule has 3 aromatic rings. The Labute approximate surface area is 139 Å². The van der Waals surface area contributed by atoms with Gasteiger partial charge in [-0.2, -0.15) is 0 Å². The first kappa shape index (κ1) is 14.8. The van der Waals surface area contributed by atoms with Crippen LogP contribution in [0, 0.1) is 17.0 Å². The molecule has 0 bridgehead atoms. The number of nitro benzene ring substituents is 1. The molecule has 4 nitrogen and oxygen atoms in total. The van der Waals surface area contributed by atoms with Crippen LogP contribution < -0.4 is 0 Å². The number of hydrogen-bond donors (Lipinski definition) is 1. The van der Waals surface area contributed by atoms with E-state index in [4.69, 9.17) is 0 Å². The highest BCUT2D eigenvalue weighted by molar-refractivity contribution is 5.93. The molecule has 4 rings (SSSR count). The fourth-order valence-electron chi connectivity index (χ4n) is 3.81. The van der Waals surface area contributed by atoms with Crippen molar-refractivity contribution in [2.24, 2.45) is 0 Å². The number of aliphatic hydroxyl groups excluding tert-OH is 1. The van der Waals surface area contributed by atoms with Crippen molar-refractivity contribution in [1.82, 2.24) is 0 Å². The molecule has 0 fully saturated rings. The van der Waals surface area contributed by atoms with E-state index in [1.54, 1.807) is 19.1 Å². The molecule has 1 atom stereocenters. The number of rotatable bonds is 3. The van der Waals surface area contributed by atoms with E-state index in [0.717, 1.165) is 23.8 Å². The molecule has 24 heavy (non-hydrogen) atoms. The molecular formula is C20H17NO3. The van der Waals surface area contributed by atoms with Crippen LogP contribution >= 0.6 is 0 Å². The average Bonchev–Trinajstić information content (AvgIpc) is 3.00.